The fourth-order valence-corrected chi connectivity index (χ4v) is 4.24. The van der Waals surface area contributed by atoms with E-state index in [2.05, 4.69) is 55.9 Å². The molecule has 0 atom stereocenters. The number of carbonyl (C=O) groups is 1. The monoisotopic (exact) mass is 459 g/mol. The molecule has 1 fully saturated rings. The molecule has 0 saturated carbocycles. The molecular formula is C24H29N9O. The van der Waals surface area contributed by atoms with Gasteiger partial charge in [0.2, 0.25) is 11.9 Å². The zero-order valence-corrected chi connectivity index (χ0v) is 19.4. The predicted octanol–water partition coefficient (Wildman–Crippen LogP) is 3.14. The lowest BCUT2D eigenvalue weighted by Gasteiger charge is -2.21. The predicted molar refractivity (Wildman–Crippen MR) is 131 cm³/mol. The van der Waals surface area contributed by atoms with Crippen LogP contribution in [0.3, 0.4) is 0 Å². The molecule has 4 heterocycles. The van der Waals surface area contributed by atoms with E-state index in [4.69, 9.17) is 0 Å². The van der Waals surface area contributed by atoms with E-state index in [1.165, 1.54) is 0 Å². The molecule has 1 aromatic carbocycles. The Morgan fingerprint density at radius 1 is 1.18 bits per heavy atom. The summed E-state index contributed by atoms with van der Waals surface area (Å²) in [5.74, 6) is 0.806. The van der Waals surface area contributed by atoms with Gasteiger partial charge in [-0.25, -0.2) is 9.67 Å². The van der Waals surface area contributed by atoms with Crippen LogP contribution in [0.15, 0.2) is 49.1 Å². The first-order valence-electron chi connectivity index (χ1n) is 11.7. The molecule has 176 valence electrons. The van der Waals surface area contributed by atoms with Crippen molar-refractivity contribution in [1.29, 1.82) is 0 Å². The van der Waals surface area contributed by atoms with Gasteiger partial charge in [0.1, 0.15) is 0 Å². The van der Waals surface area contributed by atoms with Crippen molar-refractivity contribution in [1.82, 2.24) is 34.6 Å². The van der Waals surface area contributed by atoms with Gasteiger partial charge in [-0.15, -0.1) is 0 Å². The Balaban J connectivity index is 1.45. The Morgan fingerprint density at radius 2 is 2.00 bits per heavy atom. The van der Waals surface area contributed by atoms with Gasteiger partial charge in [-0.05, 0) is 57.5 Å². The number of piperidine rings is 1. The summed E-state index contributed by atoms with van der Waals surface area (Å²) in [4.78, 5) is 26.7. The minimum absolute atomic E-state index is 0.0343. The number of para-hydroxylation sites is 1. The molecule has 1 aliphatic rings. The molecule has 0 unspecified atom stereocenters. The fourth-order valence-electron chi connectivity index (χ4n) is 4.24. The van der Waals surface area contributed by atoms with Crippen molar-refractivity contribution < 1.29 is 4.79 Å². The van der Waals surface area contributed by atoms with Crippen molar-refractivity contribution in [2.45, 2.75) is 39.3 Å². The average Bonchev–Trinajstić information content (AvgIpc) is 3.54. The molecule has 10 heteroatoms. The summed E-state index contributed by atoms with van der Waals surface area (Å²) >= 11 is 0. The van der Waals surface area contributed by atoms with Crippen molar-refractivity contribution in [2.24, 2.45) is 5.92 Å². The average molecular weight is 460 g/mol. The van der Waals surface area contributed by atoms with Gasteiger partial charge in [0, 0.05) is 30.9 Å². The van der Waals surface area contributed by atoms with Crippen molar-refractivity contribution in [2.75, 3.05) is 23.7 Å². The number of hydrogen-bond donors (Lipinski definition) is 3. The highest BCUT2D eigenvalue weighted by atomic mass is 16.2. The van der Waals surface area contributed by atoms with E-state index < -0.39 is 0 Å². The Hall–Kier alpha value is -3.79. The minimum atomic E-state index is -0.0357. The largest absolute Gasteiger partial charge is 0.364 e. The molecule has 1 saturated heterocycles. The summed E-state index contributed by atoms with van der Waals surface area (Å²) in [5, 5.41) is 14.0. The number of anilines is 2. The van der Waals surface area contributed by atoms with E-state index in [-0.39, 0.29) is 17.9 Å². The normalized spacial score (nSPS) is 14.6. The molecule has 4 aromatic rings. The number of amides is 1. The fraction of sp³-hybridized carbons (Fsp3) is 0.375. The van der Waals surface area contributed by atoms with Gasteiger partial charge in [0.25, 0.3) is 0 Å². The first kappa shape index (κ1) is 22.0. The number of nitrogens with one attached hydrogen (secondary N) is 3. The molecule has 0 radical (unpaired) electrons. The number of hydrogen-bond acceptors (Lipinski definition) is 7. The summed E-state index contributed by atoms with van der Waals surface area (Å²) in [6.45, 7) is 6.35. The van der Waals surface area contributed by atoms with Crippen LogP contribution in [0.2, 0.25) is 0 Å². The Morgan fingerprint density at radius 3 is 2.76 bits per heavy atom. The molecule has 5 rings (SSSR count). The number of aromatic nitrogens is 6. The summed E-state index contributed by atoms with van der Waals surface area (Å²) in [7, 11) is 0. The smallest absolute Gasteiger partial charge is 0.233 e. The second-order valence-corrected chi connectivity index (χ2v) is 8.76. The maximum Gasteiger partial charge on any atom is 0.233 e. The second-order valence-electron chi connectivity index (χ2n) is 8.76. The van der Waals surface area contributed by atoms with Gasteiger partial charge in [-0.3, -0.25) is 10.1 Å². The first-order chi connectivity index (χ1) is 16.6. The van der Waals surface area contributed by atoms with E-state index >= 15 is 0 Å². The Bertz CT molecular complexity index is 1270. The van der Waals surface area contributed by atoms with Gasteiger partial charge < -0.3 is 15.2 Å². The third kappa shape index (κ3) is 4.49. The van der Waals surface area contributed by atoms with Crippen LogP contribution in [-0.4, -0.2) is 48.3 Å². The number of nitrogens with zero attached hydrogens (tertiary/aromatic N) is 6. The van der Waals surface area contributed by atoms with Crippen LogP contribution in [0.1, 0.15) is 38.3 Å². The first-order valence-corrected chi connectivity index (χ1v) is 11.7. The Labute approximate surface area is 197 Å². The standard InChI is InChI=1S/C24H29N9O/c1-16(2)32-15-27-20-21(26-14-18-6-3-4-7-19(18)33-13-5-10-28-33)29-24(30-22(20)32)31-23(34)17-8-11-25-12-9-17/h3-7,10,13,15-17,25H,8-9,11-12,14H2,1-2H3,(H2,26,29,30,31,34). The third-order valence-electron chi connectivity index (χ3n) is 6.11. The lowest BCUT2D eigenvalue weighted by molar-refractivity contribution is -0.120. The molecule has 3 N–H and O–H groups in total. The second kappa shape index (κ2) is 9.60. The molecule has 0 bridgehead atoms. The number of carbonyl (C=O) groups excluding carboxylic acids is 1. The van der Waals surface area contributed by atoms with Crippen LogP contribution in [0.25, 0.3) is 16.9 Å². The summed E-state index contributed by atoms with van der Waals surface area (Å²) in [6.07, 6.45) is 7.07. The highest BCUT2D eigenvalue weighted by Crippen LogP contribution is 2.25. The zero-order valence-electron chi connectivity index (χ0n) is 19.4. The highest BCUT2D eigenvalue weighted by molar-refractivity contribution is 5.93. The maximum atomic E-state index is 12.9. The van der Waals surface area contributed by atoms with Crippen molar-refractivity contribution in [3.63, 3.8) is 0 Å². The number of imidazole rings is 1. The van der Waals surface area contributed by atoms with E-state index in [1.807, 2.05) is 39.7 Å². The lowest BCUT2D eigenvalue weighted by Crippen LogP contribution is -2.35. The van der Waals surface area contributed by atoms with Crippen LogP contribution < -0.4 is 16.0 Å². The van der Waals surface area contributed by atoms with E-state index in [0.717, 1.165) is 37.2 Å². The number of benzene rings is 1. The molecule has 0 spiro atoms. The molecule has 34 heavy (non-hydrogen) atoms. The van der Waals surface area contributed by atoms with E-state index in [0.29, 0.717) is 29.5 Å². The van der Waals surface area contributed by atoms with Crippen LogP contribution >= 0.6 is 0 Å². The summed E-state index contributed by atoms with van der Waals surface area (Å²) in [5.41, 5.74) is 3.40. The van der Waals surface area contributed by atoms with Gasteiger partial charge in [-0.1, -0.05) is 18.2 Å². The van der Waals surface area contributed by atoms with Crippen molar-refractivity contribution >= 4 is 28.8 Å². The SMILES string of the molecule is CC(C)n1cnc2c(NCc3ccccc3-n3cccn3)nc(NC(=O)C3CCNCC3)nc21. The molecule has 1 aliphatic heterocycles. The summed E-state index contributed by atoms with van der Waals surface area (Å²) < 4.78 is 3.82. The van der Waals surface area contributed by atoms with E-state index in [1.54, 1.807) is 12.5 Å². The molecule has 10 nitrogen and oxygen atoms in total. The van der Waals surface area contributed by atoms with Crippen molar-refractivity contribution in [3.05, 3.63) is 54.6 Å². The highest BCUT2D eigenvalue weighted by Gasteiger charge is 2.23. The molecular weight excluding hydrogens is 430 g/mol. The molecule has 3 aromatic heterocycles. The number of rotatable bonds is 7. The molecule has 1 amide bonds. The lowest BCUT2D eigenvalue weighted by atomic mass is 9.97. The van der Waals surface area contributed by atoms with Gasteiger partial charge in [-0.2, -0.15) is 15.1 Å². The van der Waals surface area contributed by atoms with Crippen molar-refractivity contribution in [3.8, 4) is 5.69 Å². The maximum absolute atomic E-state index is 12.9. The van der Waals surface area contributed by atoms with Gasteiger partial charge in [0.15, 0.2) is 17.0 Å². The Kier molecular flexibility index (Phi) is 6.22. The summed E-state index contributed by atoms with van der Waals surface area (Å²) in [6, 6.07) is 10.1. The van der Waals surface area contributed by atoms with Crippen LogP contribution in [0.4, 0.5) is 11.8 Å². The topological polar surface area (TPSA) is 115 Å². The minimum Gasteiger partial charge on any atom is -0.364 e. The zero-order chi connectivity index (χ0) is 23.5. The number of fused-ring (bicyclic) bond motifs is 1. The quantitative estimate of drug-likeness (QED) is 0.389. The van der Waals surface area contributed by atoms with Gasteiger partial charge >= 0.3 is 0 Å². The van der Waals surface area contributed by atoms with Crippen LogP contribution in [0.5, 0.6) is 0 Å². The van der Waals surface area contributed by atoms with Crippen LogP contribution in [0, 0.1) is 5.92 Å². The third-order valence-corrected chi connectivity index (χ3v) is 6.11. The van der Waals surface area contributed by atoms with Crippen LogP contribution in [-0.2, 0) is 11.3 Å². The molecule has 0 aliphatic carbocycles. The van der Waals surface area contributed by atoms with Gasteiger partial charge in [0.05, 0.1) is 12.0 Å². The van der Waals surface area contributed by atoms with E-state index in [9.17, 15) is 4.79 Å².